The van der Waals surface area contributed by atoms with E-state index in [1.807, 2.05) is 6.07 Å². The Labute approximate surface area is 400 Å². The van der Waals surface area contributed by atoms with E-state index in [0.29, 0.717) is 0 Å². The molecular weight excluding hydrogens is 823 g/mol. The fraction of sp³-hybridized carbons (Fsp3) is 0.121. The Bertz CT molecular complexity index is 3580. The van der Waals surface area contributed by atoms with E-state index in [1.165, 1.54) is 66.4 Å². The molecule has 0 saturated carbocycles. The first kappa shape index (κ1) is 42.7. The third kappa shape index (κ3) is 7.96. The van der Waals surface area contributed by atoms with Crippen molar-refractivity contribution in [2.75, 3.05) is 4.90 Å². The van der Waals surface area contributed by atoms with Crippen LogP contribution in [0.3, 0.4) is 0 Å². The summed E-state index contributed by atoms with van der Waals surface area (Å²) in [6, 6.07) is 82.0. The van der Waals surface area contributed by atoms with Crippen LogP contribution >= 0.6 is 0 Å². The second-order valence-corrected chi connectivity index (χ2v) is 20.2. The van der Waals surface area contributed by atoms with Crippen LogP contribution in [-0.2, 0) is 10.8 Å². The van der Waals surface area contributed by atoms with E-state index >= 15 is 0 Å². The summed E-state index contributed by atoms with van der Waals surface area (Å²) in [5.74, 6) is 0. The fourth-order valence-corrected chi connectivity index (χ4v) is 9.89. The molecule has 0 bridgehead atoms. The lowest BCUT2D eigenvalue weighted by Gasteiger charge is -2.29. The lowest BCUT2D eigenvalue weighted by atomic mass is 9.78. The van der Waals surface area contributed by atoms with E-state index in [0.717, 1.165) is 50.1 Å². The van der Waals surface area contributed by atoms with Crippen LogP contribution in [-0.4, -0.2) is 0 Å². The zero-order valence-corrected chi connectivity index (χ0v) is 39.7. The second kappa shape index (κ2) is 17.0. The van der Waals surface area contributed by atoms with Gasteiger partial charge >= 0.3 is 0 Å². The van der Waals surface area contributed by atoms with Gasteiger partial charge in [0.05, 0.1) is 5.69 Å². The molecular formula is C66H55NO. The van der Waals surface area contributed by atoms with Gasteiger partial charge in [-0.2, -0.15) is 0 Å². The van der Waals surface area contributed by atoms with Gasteiger partial charge < -0.3 is 9.32 Å². The van der Waals surface area contributed by atoms with E-state index in [4.69, 9.17) is 4.42 Å². The van der Waals surface area contributed by atoms with Crippen LogP contribution in [0.15, 0.2) is 229 Å². The van der Waals surface area contributed by atoms with Crippen LogP contribution in [0.25, 0.3) is 88.3 Å². The largest absolute Gasteiger partial charge is 0.456 e. The number of nitrogens with zero attached hydrogens (tertiary/aromatic N) is 1. The normalized spacial score (nSPS) is 12.0. The molecule has 68 heavy (non-hydrogen) atoms. The average Bonchev–Trinajstić information content (AvgIpc) is 3.74. The predicted octanol–water partition coefficient (Wildman–Crippen LogP) is 19.1. The highest BCUT2D eigenvalue weighted by atomic mass is 16.3. The smallest absolute Gasteiger partial charge is 0.137 e. The SMILES string of the molecule is CC(C)(C)c1cc(-c2cccc3cccc(-c4ccccc4N(c4ccc(-c5ccc(-c6ccccc6)c(-c6ccccc6)c5)cc4)c4ccc5c(c4)oc4ccccc45)c23)cc(C(C)(C)C)c1. The number of hydrogen-bond donors (Lipinski definition) is 0. The molecule has 11 aromatic rings. The molecule has 0 aliphatic heterocycles. The molecule has 1 aromatic heterocycles. The van der Waals surface area contributed by atoms with Crippen molar-refractivity contribution in [3.8, 4) is 55.6 Å². The standard InChI is InChI=1S/C66H55NO/c1-65(2,3)50-39-49(40-51(42-50)66(4,5)6)55-27-17-23-47-24-18-28-59(64(47)55)56-25-13-15-29-61(56)67(53-36-38-58-57-26-14-16-30-62(57)68-63(58)43-53)52-34-31-44(32-35-52)48-33-37-54(45-19-9-7-10-20-45)60(41-48)46-21-11-8-12-22-46/h7-43H,1-6H3. The number of hydrogen-bond acceptors (Lipinski definition) is 2. The number of fused-ring (bicyclic) bond motifs is 4. The van der Waals surface area contributed by atoms with Crippen LogP contribution in [0, 0.1) is 0 Å². The summed E-state index contributed by atoms with van der Waals surface area (Å²) in [5, 5.41) is 4.67. The predicted molar refractivity (Wildman–Crippen MR) is 290 cm³/mol. The van der Waals surface area contributed by atoms with E-state index in [1.54, 1.807) is 0 Å². The monoisotopic (exact) mass is 877 g/mol. The summed E-state index contributed by atoms with van der Waals surface area (Å²) >= 11 is 0. The number of benzene rings is 10. The molecule has 0 radical (unpaired) electrons. The summed E-state index contributed by atoms with van der Waals surface area (Å²) < 4.78 is 6.56. The molecule has 10 aromatic carbocycles. The summed E-state index contributed by atoms with van der Waals surface area (Å²) in [7, 11) is 0. The third-order valence-corrected chi connectivity index (χ3v) is 13.6. The lowest BCUT2D eigenvalue weighted by molar-refractivity contribution is 0.569. The number of furan rings is 1. The molecule has 0 aliphatic carbocycles. The summed E-state index contributed by atoms with van der Waals surface area (Å²) in [5.41, 5.74) is 19.5. The first-order chi connectivity index (χ1) is 33.0. The van der Waals surface area contributed by atoms with Crippen molar-refractivity contribution in [1.82, 2.24) is 0 Å². The number of rotatable bonds is 8. The van der Waals surface area contributed by atoms with E-state index in [2.05, 4.69) is 265 Å². The zero-order valence-electron chi connectivity index (χ0n) is 39.7. The van der Waals surface area contributed by atoms with Gasteiger partial charge in [0.15, 0.2) is 0 Å². The highest BCUT2D eigenvalue weighted by Crippen LogP contribution is 2.47. The Hall–Kier alpha value is -7.94. The minimum atomic E-state index is -0.0111. The first-order valence-corrected chi connectivity index (χ1v) is 23.8. The molecule has 2 heteroatoms. The van der Waals surface area contributed by atoms with Gasteiger partial charge in [0.1, 0.15) is 11.2 Å². The quantitative estimate of drug-likeness (QED) is 0.151. The van der Waals surface area contributed by atoms with Crippen molar-refractivity contribution >= 4 is 49.8 Å². The van der Waals surface area contributed by atoms with Gasteiger partial charge in [-0.1, -0.05) is 217 Å². The van der Waals surface area contributed by atoms with E-state index in [9.17, 15) is 0 Å². The highest BCUT2D eigenvalue weighted by molar-refractivity contribution is 6.10. The van der Waals surface area contributed by atoms with Gasteiger partial charge in [0, 0.05) is 33.8 Å². The van der Waals surface area contributed by atoms with Crippen molar-refractivity contribution < 1.29 is 4.42 Å². The Morgan fingerprint density at radius 3 is 1.57 bits per heavy atom. The maximum Gasteiger partial charge on any atom is 0.137 e. The molecule has 0 N–H and O–H groups in total. The second-order valence-electron chi connectivity index (χ2n) is 20.2. The van der Waals surface area contributed by atoms with Crippen molar-refractivity contribution in [1.29, 1.82) is 0 Å². The highest BCUT2D eigenvalue weighted by Gasteiger charge is 2.24. The molecule has 1 heterocycles. The van der Waals surface area contributed by atoms with Gasteiger partial charge in [0.25, 0.3) is 0 Å². The van der Waals surface area contributed by atoms with Crippen molar-refractivity contribution in [3.63, 3.8) is 0 Å². The van der Waals surface area contributed by atoms with Crippen LogP contribution < -0.4 is 4.90 Å². The van der Waals surface area contributed by atoms with Crippen molar-refractivity contribution in [3.05, 3.63) is 236 Å². The lowest BCUT2D eigenvalue weighted by Crippen LogP contribution is -2.16. The molecule has 0 amide bonds. The molecule has 2 nitrogen and oxygen atoms in total. The average molecular weight is 878 g/mol. The third-order valence-electron chi connectivity index (χ3n) is 13.6. The maximum absolute atomic E-state index is 6.56. The van der Waals surface area contributed by atoms with Crippen molar-refractivity contribution in [2.24, 2.45) is 0 Å². The molecule has 0 spiro atoms. The number of para-hydroxylation sites is 2. The van der Waals surface area contributed by atoms with Crippen LogP contribution in [0.2, 0.25) is 0 Å². The Balaban J connectivity index is 1.09. The fourth-order valence-electron chi connectivity index (χ4n) is 9.89. The Morgan fingerprint density at radius 1 is 0.324 bits per heavy atom. The maximum atomic E-state index is 6.56. The van der Waals surface area contributed by atoms with Crippen LogP contribution in [0.5, 0.6) is 0 Å². The van der Waals surface area contributed by atoms with Crippen molar-refractivity contribution in [2.45, 2.75) is 52.4 Å². The van der Waals surface area contributed by atoms with Gasteiger partial charge in [-0.25, -0.2) is 0 Å². The Morgan fingerprint density at radius 2 is 0.882 bits per heavy atom. The minimum Gasteiger partial charge on any atom is -0.456 e. The molecule has 11 rings (SSSR count). The molecule has 0 unspecified atom stereocenters. The summed E-state index contributed by atoms with van der Waals surface area (Å²) in [6.07, 6.45) is 0. The topological polar surface area (TPSA) is 16.4 Å². The zero-order chi connectivity index (χ0) is 46.6. The van der Waals surface area contributed by atoms with Gasteiger partial charge in [0.2, 0.25) is 0 Å². The molecule has 0 atom stereocenters. The summed E-state index contributed by atoms with van der Waals surface area (Å²) in [4.78, 5) is 2.40. The van der Waals surface area contributed by atoms with Gasteiger partial charge in [-0.15, -0.1) is 0 Å². The van der Waals surface area contributed by atoms with Gasteiger partial charge in [-0.05, 0) is 125 Å². The van der Waals surface area contributed by atoms with E-state index in [-0.39, 0.29) is 10.8 Å². The van der Waals surface area contributed by atoms with Crippen LogP contribution in [0.1, 0.15) is 52.7 Å². The minimum absolute atomic E-state index is 0.0111. The first-order valence-electron chi connectivity index (χ1n) is 23.8. The molecule has 0 fully saturated rings. The molecule has 330 valence electrons. The van der Waals surface area contributed by atoms with E-state index < -0.39 is 0 Å². The van der Waals surface area contributed by atoms with Gasteiger partial charge in [-0.3, -0.25) is 0 Å². The molecule has 0 aliphatic rings. The van der Waals surface area contributed by atoms with Crippen LogP contribution in [0.4, 0.5) is 17.1 Å². The molecule has 0 saturated heterocycles. The number of anilines is 3. The Kier molecular flexibility index (Phi) is 10.7. The summed E-state index contributed by atoms with van der Waals surface area (Å²) in [6.45, 7) is 13.9.